The van der Waals surface area contributed by atoms with Crippen LogP contribution in [0.25, 0.3) is 0 Å². The Kier molecular flexibility index (Phi) is 5.87. The minimum Gasteiger partial charge on any atom is -0.548 e. The van der Waals surface area contributed by atoms with Gasteiger partial charge in [0.15, 0.2) is 6.29 Å². The lowest BCUT2D eigenvalue weighted by molar-refractivity contribution is -0.309. The molecule has 0 bridgehead atoms. The van der Waals surface area contributed by atoms with Crippen LogP contribution in [0.1, 0.15) is 12.5 Å². The van der Waals surface area contributed by atoms with E-state index < -0.39 is 36.6 Å². The topological polar surface area (TPSA) is 111 Å². The van der Waals surface area contributed by atoms with E-state index in [1.807, 2.05) is 30.3 Å². The summed E-state index contributed by atoms with van der Waals surface area (Å²) in [6, 6.07) is 7.48. The average molecular weight is 310 g/mol. The molecule has 1 heterocycles. The van der Waals surface area contributed by atoms with Gasteiger partial charge in [-0.2, -0.15) is 0 Å². The van der Waals surface area contributed by atoms with Gasteiger partial charge in [-0.15, -0.1) is 0 Å². The second kappa shape index (κ2) is 7.66. The third-order valence-corrected chi connectivity index (χ3v) is 3.55. The highest BCUT2D eigenvalue weighted by atomic mass is 16.7. The van der Waals surface area contributed by atoms with Crippen molar-refractivity contribution in [3.8, 4) is 0 Å². The Morgan fingerprint density at radius 2 is 2.14 bits per heavy atom. The maximum atomic E-state index is 10.8. The number of carbonyl (C=O) groups is 1. The minimum atomic E-state index is -1.31. The van der Waals surface area contributed by atoms with Crippen molar-refractivity contribution in [2.45, 2.75) is 44.1 Å². The largest absolute Gasteiger partial charge is 0.548 e. The Hall–Kier alpha value is -1.51. The van der Waals surface area contributed by atoms with Crippen LogP contribution in [-0.2, 0) is 20.9 Å². The predicted molar refractivity (Wildman–Crippen MR) is 74.4 cm³/mol. The van der Waals surface area contributed by atoms with Gasteiger partial charge in [-0.05, 0) is 12.5 Å². The smallest absolute Gasteiger partial charge is 0.185 e. The SMILES string of the molecule is C[C@H](N[C@@H]1[C@@H](O)[C@@H](OCc2ccccc2)OC[C@H]1O)C(=O)[O-]. The van der Waals surface area contributed by atoms with Crippen molar-refractivity contribution < 1.29 is 29.6 Å². The molecule has 0 amide bonds. The molecule has 22 heavy (non-hydrogen) atoms. The molecule has 1 aromatic carbocycles. The van der Waals surface area contributed by atoms with E-state index in [2.05, 4.69) is 5.32 Å². The summed E-state index contributed by atoms with van der Waals surface area (Å²) in [6.45, 7) is 1.56. The zero-order valence-electron chi connectivity index (χ0n) is 12.2. The van der Waals surface area contributed by atoms with Crippen LogP contribution in [0.15, 0.2) is 30.3 Å². The number of aliphatic hydroxyl groups excluding tert-OH is 2. The van der Waals surface area contributed by atoms with E-state index in [-0.39, 0.29) is 13.2 Å². The molecule has 0 aliphatic carbocycles. The van der Waals surface area contributed by atoms with Crippen molar-refractivity contribution in [1.82, 2.24) is 5.32 Å². The number of carboxylic acid groups (broad SMARTS) is 1. The van der Waals surface area contributed by atoms with Gasteiger partial charge in [-0.25, -0.2) is 0 Å². The van der Waals surface area contributed by atoms with Crippen LogP contribution < -0.4 is 10.4 Å². The maximum absolute atomic E-state index is 10.8. The average Bonchev–Trinajstić information content (AvgIpc) is 2.51. The number of aliphatic hydroxyl groups is 2. The molecule has 0 unspecified atom stereocenters. The lowest BCUT2D eigenvalue weighted by atomic mass is 10.0. The molecule has 7 heteroatoms. The van der Waals surface area contributed by atoms with E-state index in [9.17, 15) is 20.1 Å². The summed E-state index contributed by atoms with van der Waals surface area (Å²) in [7, 11) is 0. The lowest BCUT2D eigenvalue weighted by Crippen LogP contribution is -2.63. The predicted octanol–water partition coefficient (Wildman–Crippen LogP) is -1.62. The Balaban J connectivity index is 1.94. The summed E-state index contributed by atoms with van der Waals surface area (Å²) in [5.41, 5.74) is 0.914. The third kappa shape index (κ3) is 4.25. The molecule has 7 nitrogen and oxygen atoms in total. The molecule has 3 N–H and O–H groups in total. The van der Waals surface area contributed by atoms with Gasteiger partial charge in [-0.3, -0.25) is 0 Å². The molecule has 1 saturated heterocycles. The van der Waals surface area contributed by atoms with Crippen LogP contribution in [0.2, 0.25) is 0 Å². The molecule has 5 atom stereocenters. The van der Waals surface area contributed by atoms with Crippen LogP contribution in [0.4, 0.5) is 0 Å². The first-order chi connectivity index (χ1) is 10.5. The number of rotatable bonds is 6. The van der Waals surface area contributed by atoms with Crippen molar-refractivity contribution in [3.63, 3.8) is 0 Å². The quantitative estimate of drug-likeness (QED) is 0.579. The third-order valence-electron chi connectivity index (χ3n) is 3.55. The van der Waals surface area contributed by atoms with Crippen molar-refractivity contribution in [1.29, 1.82) is 0 Å². The number of nitrogens with one attached hydrogen (secondary N) is 1. The van der Waals surface area contributed by atoms with Gasteiger partial charge in [0, 0.05) is 6.04 Å². The lowest BCUT2D eigenvalue weighted by Gasteiger charge is -2.39. The van der Waals surface area contributed by atoms with Crippen LogP contribution in [0.5, 0.6) is 0 Å². The van der Waals surface area contributed by atoms with Gasteiger partial charge >= 0.3 is 0 Å². The van der Waals surface area contributed by atoms with Gasteiger partial charge in [0.2, 0.25) is 0 Å². The maximum Gasteiger partial charge on any atom is 0.185 e. The van der Waals surface area contributed by atoms with E-state index >= 15 is 0 Å². The molecular weight excluding hydrogens is 290 g/mol. The number of aliphatic carboxylic acids is 1. The van der Waals surface area contributed by atoms with Crippen molar-refractivity contribution in [2.24, 2.45) is 0 Å². The summed E-state index contributed by atoms with van der Waals surface area (Å²) >= 11 is 0. The zero-order valence-corrected chi connectivity index (χ0v) is 12.2. The highest BCUT2D eigenvalue weighted by Crippen LogP contribution is 2.18. The number of ether oxygens (including phenoxy) is 2. The molecule has 122 valence electrons. The molecule has 0 radical (unpaired) electrons. The second-order valence-electron chi connectivity index (χ2n) is 5.29. The molecule has 1 aromatic rings. The normalized spacial score (nSPS) is 30.0. The van der Waals surface area contributed by atoms with Gasteiger partial charge < -0.3 is 34.9 Å². The fourth-order valence-corrected chi connectivity index (χ4v) is 2.26. The summed E-state index contributed by atoms with van der Waals surface area (Å²) in [6.07, 6.45) is -3.18. The highest BCUT2D eigenvalue weighted by molar-refractivity contribution is 5.70. The number of carbonyl (C=O) groups excluding carboxylic acids is 1. The molecular formula is C15H20NO6-. The molecule has 0 spiro atoms. The molecule has 1 aliphatic heterocycles. The Labute approximate surface area is 128 Å². The Morgan fingerprint density at radius 3 is 2.77 bits per heavy atom. The van der Waals surface area contributed by atoms with Crippen LogP contribution in [0, 0.1) is 0 Å². The fourth-order valence-electron chi connectivity index (χ4n) is 2.26. The van der Waals surface area contributed by atoms with Crippen LogP contribution in [-0.4, -0.2) is 53.4 Å². The summed E-state index contributed by atoms with van der Waals surface area (Å²) < 4.78 is 10.8. The van der Waals surface area contributed by atoms with Gasteiger partial charge in [-0.1, -0.05) is 30.3 Å². The molecule has 0 saturated carbocycles. The van der Waals surface area contributed by atoms with Gasteiger partial charge in [0.25, 0.3) is 0 Å². The van der Waals surface area contributed by atoms with Crippen molar-refractivity contribution in [2.75, 3.05) is 6.61 Å². The van der Waals surface area contributed by atoms with E-state index in [0.717, 1.165) is 5.56 Å². The molecule has 2 rings (SSSR count). The van der Waals surface area contributed by atoms with Gasteiger partial charge in [0.1, 0.15) is 6.10 Å². The molecule has 1 aliphatic rings. The standard InChI is InChI=1S/C15H21NO6/c1-9(14(19)20)16-12-11(17)8-22-15(13(12)18)21-7-10-5-3-2-4-6-10/h2-6,9,11-13,15-18H,7-8H2,1H3,(H,19,20)/p-1/t9-,11+,12-,13+,15-/m0/s1. The van der Waals surface area contributed by atoms with E-state index in [4.69, 9.17) is 9.47 Å². The number of carboxylic acids is 1. The zero-order chi connectivity index (χ0) is 16.1. The Morgan fingerprint density at radius 1 is 1.45 bits per heavy atom. The number of hydrogen-bond acceptors (Lipinski definition) is 7. The van der Waals surface area contributed by atoms with E-state index in [1.54, 1.807) is 0 Å². The molecule has 0 aromatic heterocycles. The fraction of sp³-hybridized carbons (Fsp3) is 0.533. The first-order valence-corrected chi connectivity index (χ1v) is 7.09. The second-order valence-corrected chi connectivity index (χ2v) is 5.29. The van der Waals surface area contributed by atoms with Crippen molar-refractivity contribution >= 4 is 5.97 Å². The van der Waals surface area contributed by atoms with Crippen LogP contribution in [0.3, 0.4) is 0 Å². The molecule has 1 fully saturated rings. The highest BCUT2D eigenvalue weighted by Gasteiger charge is 2.39. The minimum absolute atomic E-state index is 0.0616. The van der Waals surface area contributed by atoms with Crippen molar-refractivity contribution in [3.05, 3.63) is 35.9 Å². The van der Waals surface area contributed by atoms with E-state index in [0.29, 0.717) is 0 Å². The summed E-state index contributed by atoms with van der Waals surface area (Å²) in [4.78, 5) is 10.8. The summed E-state index contributed by atoms with van der Waals surface area (Å²) in [5.74, 6) is -1.31. The van der Waals surface area contributed by atoms with Crippen LogP contribution >= 0.6 is 0 Å². The monoisotopic (exact) mass is 310 g/mol. The first-order valence-electron chi connectivity index (χ1n) is 7.09. The first kappa shape index (κ1) is 16.9. The number of benzene rings is 1. The summed E-state index contributed by atoms with van der Waals surface area (Å²) in [5, 5.41) is 33.5. The Bertz CT molecular complexity index is 482. The van der Waals surface area contributed by atoms with Gasteiger partial charge in [0.05, 0.1) is 31.3 Å². The van der Waals surface area contributed by atoms with E-state index in [1.165, 1.54) is 6.92 Å². The number of hydrogen-bond donors (Lipinski definition) is 3.